The van der Waals surface area contributed by atoms with Crippen LogP contribution in [0.1, 0.15) is 21.6 Å². The number of nitrogens with one attached hydrogen (secondary N) is 3. The number of carbonyl (C=O) groups excluding carboxylic acids is 2. The van der Waals surface area contributed by atoms with Gasteiger partial charge >= 0.3 is 0 Å². The number of hydrogen-bond donors (Lipinski definition) is 3. The average molecular weight is 322 g/mol. The van der Waals surface area contributed by atoms with Crippen molar-refractivity contribution in [2.75, 3.05) is 6.61 Å². The van der Waals surface area contributed by atoms with Gasteiger partial charge in [0.1, 0.15) is 11.4 Å². The van der Waals surface area contributed by atoms with Crippen LogP contribution in [0, 0.1) is 13.8 Å². The van der Waals surface area contributed by atoms with E-state index in [9.17, 15) is 9.59 Å². The Kier molecular flexibility index (Phi) is 5.06. The van der Waals surface area contributed by atoms with Crippen LogP contribution in [-0.4, -0.2) is 23.4 Å². The minimum absolute atomic E-state index is 0.214. The lowest BCUT2D eigenvalue weighted by Crippen LogP contribution is -2.44. The number of aryl methyl sites for hydroxylation is 2. The third-order valence-corrected chi connectivity index (χ3v) is 3.15. The van der Waals surface area contributed by atoms with Gasteiger partial charge in [-0.25, -0.2) is 0 Å². The number of aromatic nitrogens is 1. The Morgan fingerprint density at radius 3 is 2.50 bits per heavy atom. The highest BCUT2D eigenvalue weighted by atomic mass is 35.5. The number of benzene rings is 1. The molecule has 0 aliphatic heterocycles. The average Bonchev–Trinajstić information content (AvgIpc) is 2.97. The molecule has 1 aromatic carbocycles. The number of rotatable bonds is 4. The summed E-state index contributed by atoms with van der Waals surface area (Å²) < 4.78 is 5.48. The molecule has 0 bridgehead atoms. The van der Waals surface area contributed by atoms with E-state index in [0.29, 0.717) is 16.5 Å². The summed E-state index contributed by atoms with van der Waals surface area (Å²) in [6.45, 7) is 3.48. The van der Waals surface area contributed by atoms with Gasteiger partial charge < -0.3 is 9.72 Å². The minimum atomic E-state index is -0.464. The van der Waals surface area contributed by atoms with Gasteiger partial charge in [-0.05, 0) is 49.2 Å². The molecule has 22 heavy (non-hydrogen) atoms. The fourth-order valence-electron chi connectivity index (χ4n) is 1.96. The van der Waals surface area contributed by atoms with Crippen molar-refractivity contribution in [1.82, 2.24) is 15.8 Å². The second kappa shape index (κ2) is 7.00. The Balaban J connectivity index is 1.85. The molecule has 2 rings (SSSR count). The smallest absolute Gasteiger partial charge is 0.286 e. The number of ether oxygens (including phenoxy) is 1. The number of H-pyrrole nitrogens is 1. The van der Waals surface area contributed by atoms with Gasteiger partial charge in [-0.2, -0.15) is 0 Å². The van der Waals surface area contributed by atoms with Crippen LogP contribution in [0.5, 0.6) is 5.75 Å². The number of hydrogen-bond acceptors (Lipinski definition) is 3. The van der Waals surface area contributed by atoms with Crippen LogP contribution in [0.15, 0.2) is 30.5 Å². The van der Waals surface area contributed by atoms with E-state index < -0.39 is 11.8 Å². The van der Waals surface area contributed by atoms with Gasteiger partial charge in [-0.15, -0.1) is 0 Å². The molecule has 1 heterocycles. The maximum atomic E-state index is 11.7. The Morgan fingerprint density at radius 2 is 1.91 bits per heavy atom. The topological polar surface area (TPSA) is 83.2 Å². The standard InChI is InChI=1S/C15H16ClN3O3/c1-9-6-11(16)7-10(2)14(9)22-8-13(20)18-19-15(21)12-4-3-5-17-12/h3-7,17H,8H2,1-2H3,(H,18,20)(H,19,21). The highest BCUT2D eigenvalue weighted by molar-refractivity contribution is 6.30. The molecule has 6 nitrogen and oxygen atoms in total. The molecule has 0 atom stereocenters. The molecule has 0 spiro atoms. The van der Waals surface area contributed by atoms with E-state index in [1.807, 2.05) is 13.8 Å². The second-order valence-electron chi connectivity index (χ2n) is 4.74. The SMILES string of the molecule is Cc1cc(Cl)cc(C)c1OCC(=O)NNC(=O)c1ccc[nH]1. The number of amides is 2. The fraction of sp³-hybridized carbons (Fsp3) is 0.200. The highest BCUT2D eigenvalue weighted by Gasteiger charge is 2.10. The molecule has 0 radical (unpaired) electrons. The van der Waals surface area contributed by atoms with Crippen LogP contribution < -0.4 is 15.6 Å². The quantitative estimate of drug-likeness (QED) is 0.754. The summed E-state index contributed by atoms with van der Waals surface area (Å²) in [5.74, 6) is -0.291. The van der Waals surface area contributed by atoms with Crippen molar-refractivity contribution < 1.29 is 14.3 Å². The number of carbonyl (C=O) groups is 2. The summed E-state index contributed by atoms with van der Waals surface area (Å²) in [7, 11) is 0. The van der Waals surface area contributed by atoms with Gasteiger partial charge in [-0.3, -0.25) is 20.4 Å². The molecule has 2 amide bonds. The molecule has 0 unspecified atom stereocenters. The predicted molar refractivity (Wildman–Crippen MR) is 82.8 cm³/mol. The molecule has 0 fully saturated rings. The first-order valence-corrected chi connectivity index (χ1v) is 6.97. The zero-order valence-electron chi connectivity index (χ0n) is 12.2. The summed E-state index contributed by atoms with van der Waals surface area (Å²) in [6, 6.07) is 6.80. The Hall–Kier alpha value is -2.47. The van der Waals surface area contributed by atoms with Crippen molar-refractivity contribution in [3.63, 3.8) is 0 Å². The zero-order chi connectivity index (χ0) is 16.1. The number of aromatic amines is 1. The molecule has 3 N–H and O–H groups in total. The molecule has 0 aliphatic carbocycles. The van der Waals surface area contributed by atoms with Crippen molar-refractivity contribution in [2.24, 2.45) is 0 Å². The Morgan fingerprint density at radius 1 is 1.23 bits per heavy atom. The highest BCUT2D eigenvalue weighted by Crippen LogP contribution is 2.26. The predicted octanol–water partition coefficient (Wildman–Crippen LogP) is 2.12. The second-order valence-corrected chi connectivity index (χ2v) is 5.18. The Labute approximate surface area is 132 Å². The van der Waals surface area contributed by atoms with Gasteiger partial charge in [0, 0.05) is 11.2 Å². The van der Waals surface area contributed by atoms with E-state index in [1.54, 1.807) is 30.5 Å². The minimum Gasteiger partial charge on any atom is -0.483 e. The van der Waals surface area contributed by atoms with Gasteiger partial charge in [0.2, 0.25) is 0 Å². The van der Waals surface area contributed by atoms with Crippen LogP contribution >= 0.6 is 11.6 Å². The van der Waals surface area contributed by atoms with Crippen molar-refractivity contribution in [2.45, 2.75) is 13.8 Å². The maximum absolute atomic E-state index is 11.7. The van der Waals surface area contributed by atoms with Crippen LogP contribution in [-0.2, 0) is 4.79 Å². The molecule has 1 aromatic heterocycles. The first kappa shape index (κ1) is 15.9. The van der Waals surface area contributed by atoms with Crippen molar-refractivity contribution in [3.8, 4) is 5.75 Å². The van der Waals surface area contributed by atoms with Gasteiger partial charge in [0.05, 0.1) is 0 Å². The first-order valence-electron chi connectivity index (χ1n) is 6.59. The number of hydrazine groups is 1. The largest absolute Gasteiger partial charge is 0.483 e. The van der Waals surface area contributed by atoms with Crippen molar-refractivity contribution >= 4 is 23.4 Å². The third kappa shape index (κ3) is 4.02. The zero-order valence-corrected chi connectivity index (χ0v) is 13.0. The van der Waals surface area contributed by atoms with Gasteiger partial charge in [-0.1, -0.05) is 11.6 Å². The lowest BCUT2D eigenvalue weighted by Gasteiger charge is -2.12. The molecule has 0 aliphatic rings. The van der Waals surface area contributed by atoms with E-state index in [2.05, 4.69) is 15.8 Å². The van der Waals surface area contributed by atoms with E-state index in [1.165, 1.54) is 0 Å². The van der Waals surface area contributed by atoms with Crippen LogP contribution in [0.4, 0.5) is 0 Å². The molecule has 2 aromatic rings. The molecule has 116 valence electrons. The van der Waals surface area contributed by atoms with Crippen molar-refractivity contribution in [3.05, 3.63) is 52.3 Å². The molecule has 7 heteroatoms. The summed E-state index contributed by atoms with van der Waals surface area (Å²) in [4.78, 5) is 26.0. The molecule has 0 saturated carbocycles. The lowest BCUT2D eigenvalue weighted by molar-refractivity contribution is -0.123. The van der Waals surface area contributed by atoms with Crippen LogP contribution in [0.25, 0.3) is 0 Å². The summed E-state index contributed by atoms with van der Waals surface area (Å²) in [6.07, 6.45) is 1.62. The van der Waals surface area contributed by atoms with Crippen molar-refractivity contribution in [1.29, 1.82) is 0 Å². The molecular formula is C15H16ClN3O3. The van der Waals surface area contributed by atoms with Gasteiger partial charge in [0.15, 0.2) is 6.61 Å². The van der Waals surface area contributed by atoms with Crippen LogP contribution in [0.3, 0.4) is 0 Å². The molecular weight excluding hydrogens is 306 g/mol. The van der Waals surface area contributed by atoms with E-state index in [-0.39, 0.29) is 6.61 Å². The van der Waals surface area contributed by atoms with E-state index >= 15 is 0 Å². The summed E-state index contributed by atoms with van der Waals surface area (Å²) in [5, 5.41) is 0.616. The normalized spacial score (nSPS) is 10.1. The van der Waals surface area contributed by atoms with Gasteiger partial charge in [0.25, 0.3) is 11.8 Å². The summed E-state index contributed by atoms with van der Waals surface area (Å²) in [5.41, 5.74) is 6.60. The summed E-state index contributed by atoms with van der Waals surface area (Å²) >= 11 is 5.93. The molecule has 0 saturated heterocycles. The maximum Gasteiger partial charge on any atom is 0.286 e. The fourth-order valence-corrected chi connectivity index (χ4v) is 2.29. The van der Waals surface area contributed by atoms with Crippen LogP contribution in [0.2, 0.25) is 5.02 Å². The van der Waals surface area contributed by atoms with E-state index in [0.717, 1.165) is 11.1 Å². The number of halogens is 1. The third-order valence-electron chi connectivity index (χ3n) is 2.93. The first-order chi connectivity index (χ1) is 10.5. The monoisotopic (exact) mass is 321 g/mol. The van der Waals surface area contributed by atoms with E-state index in [4.69, 9.17) is 16.3 Å². The Bertz CT molecular complexity index is 660. The lowest BCUT2D eigenvalue weighted by atomic mass is 10.1.